The Morgan fingerprint density at radius 1 is 1.38 bits per heavy atom. The minimum atomic E-state index is -0.366. The molecule has 0 spiro atoms. The van der Waals surface area contributed by atoms with Crippen LogP contribution in [0.3, 0.4) is 0 Å². The van der Waals surface area contributed by atoms with Crippen molar-refractivity contribution in [3.05, 3.63) is 35.9 Å². The van der Waals surface area contributed by atoms with Gasteiger partial charge in [0, 0.05) is 0 Å². The van der Waals surface area contributed by atoms with E-state index in [1.54, 1.807) is 25.2 Å². The number of nitrogens with zero attached hydrogens (tertiary/aromatic N) is 2. The Labute approximate surface area is 92.5 Å². The summed E-state index contributed by atoms with van der Waals surface area (Å²) in [5, 5.41) is 6.77. The van der Waals surface area contributed by atoms with Crippen LogP contribution in [0.4, 0.5) is 4.39 Å². The summed E-state index contributed by atoms with van der Waals surface area (Å²) in [6.07, 6.45) is 0. The Morgan fingerprint density at radius 3 is 2.81 bits per heavy atom. The molecular weight excluding hydrogens is 209 g/mol. The summed E-state index contributed by atoms with van der Waals surface area (Å²) in [7, 11) is 1.80. The summed E-state index contributed by atoms with van der Waals surface area (Å²) in [4.78, 5) is 4.13. The monoisotopic (exact) mass is 221 g/mol. The van der Waals surface area contributed by atoms with Gasteiger partial charge in [-0.3, -0.25) is 0 Å². The van der Waals surface area contributed by atoms with Gasteiger partial charge in [-0.1, -0.05) is 17.3 Å². The molecule has 5 heteroatoms. The number of hydrogen-bond donors (Lipinski definition) is 1. The van der Waals surface area contributed by atoms with Gasteiger partial charge in [0.15, 0.2) is 5.82 Å². The fourth-order valence-corrected chi connectivity index (χ4v) is 1.28. The van der Waals surface area contributed by atoms with Crippen molar-refractivity contribution in [3.8, 4) is 11.5 Å². The molecule has 2 rings (SSSR count). The lowest BCUT2D eigenvalue weighted by molar-refractivity contribution is 0.411. The van der Waals surface area contributed by atoms with Gasteiger partial charge in [-0.15, -0.1) is 0 Å². The van der Waals surface area contributed by atoms with Crippen LogP contribution in [0.2, 0.25) is 0 Å². The third-order valence-electron chi connectivity index (χ3n) is 2.37. The third kappa shape index (κ3) is 1.94. The van der Waals surface area contributed by atoms with E-state index in [0.29, 0.717) is 11.4 Å². The maximum absolute atomic E-state index is 13.4. The normalized spacial score (nSPS) is 12.7. The van der Waals surface area contributed by atoms with Crippen molar-refractivity contribution >= 4 is 0 Å². The summed E-state index contributed by atoms with van der Waals surface area (Å²) in [6, 6.07) is 6.29. The minimum absolute atomic E-state index is 0.0238. The molecule has 84 valence electrons. The van der Waals surface area contributed by atoms with Crippen LogP contribution in [0.5, 0.6) is 0 Å². The Hall–Kier alpha value is -1.75. The molecule has 1 N–H and O–H groups in total. The highest BCUT2D eigenvalue weighted by Gasteiger charge is 2.15. The molecule has 1 aromatic carbocycles. The lowest BCUT2D eigenvalue weighted by Crippen LogP contribution is -2.13. The van der Waals surface area contributed by atoms with Crippen molar-refractivity contribution in [3.63, 3.8) is 0 Å². The van der Waals surface area contributed by atoms with Crippen molar-refractivity contribution in [2.24, 2.45) is 0 Å². The van der Waals surface area contributed by atoms with Gasteiger partial charge in [0.2, 0.25) is 0 Å². The number of benzene rings is 1. The lowest BCUT2D eigenvalue weighted by Gasteiger charge is -2.01. The molecule has 1 aromatic heterocycles. The summed E-state index contributed by atoms with van der Waals surface area (Å²) in [5.74, 6) is 0.353. The van der Waals surface area contributed by atoms with Gasteiger partial charge in [-0.25, -0.2) is 4.39 Å². The number of hydrogen-bond acceptors (Lipinski definition) is 4. The van der Waals surface area contributed by atoms with Gasteiger partial charge < -0.3 is 9.84 Å². The average Bonchev–Trinajstić information content (AvgIpc) is 2.78. The van der Waals surface area contributed by atoms with E-state index >= 15 is 0 Å². The van der Waals surface area contributed by atoms with E-state index in [-0.39, 0.29) is 17.7 Å². The Balaban J connectivity index is 2.35. The fourth-order valence-electron chi connectivity index (χ4n) is 1.28. The van der Waals surface area contributed by atoms with Gasteiger partial charge in [-0.2, -0.15) is 4.98 Å². The third-order valence-corrected chi connectivity index (χ3v) is 2.37. The molecule has 0 saturated carbocycles. The highest BCUT2D eigenvalue weighted by molar-refractivity contribution is 5.53. The predicted octanol–water partition coefficient (Wildman–Crippen LogP) is 2.16. The quantitative estimate of drug-likeness (QED) is 0.862. The van der Waals surface area contributed by atoms with Crippen LogP contribution < -0.4 is 5.32 Å². The standard InChI is InChI=1S/C11H12FN3O/c1-7(13-2)10-14-11(16-15-10)8-5-3-4-6-9(8)12/h3-7,13H,1-2H3. The van der Waals surface area contributed by atoms with Crippen molar-refractivity contribution in [2.75, 3.05) is 7.05 Å². The first-order valence-electron chi connectivity index (χ1n) is 4.98. The fraction of sp³-hybridized carbons (Fsp3) is 0.273. The number of nitrogens with one attached hydrogen (secondary N) is 1. The van der Waals surface area contributed by atoms with Crippen LogP contribution in [0, 0.1) is 5.82 Å². The molecule has 0 aliphatic heterocycles. The molecule has 1 unspecified atom stereocenters. The highest BCUT2D eigenvalue weighted by Crippen LogP contribution is 2.21. The predicted molar refractivity (Wildman–Crippen MR) is 57.2 cm³/mol. The van der Waals surface area contributed by atoms with E-state index in [2.05, 4.69) is 15.5 Å². The molecule has 0 aliphatic carbocycles. The molecule has 0 amide bonds. The summed E-state index contributed by atoms with van der Waals surface area (Å²) >= 11 is 0. The molecule has 0 aliphatic rings. The van der Waals surface area contributed by atoms with Gasteiger partial charge in [0.25, 0.3) is 5.89 Å². The zero-order chi connectivity index (χ0) is 11.5. The summed E-state index contributed by atoms with van der Waals surface area (Å²) in [6.45, 7) is 1.90. The van der Waals surface area contributed by atoms with Crippen LogP contribution in [0.15, 0.2) is 28.8 Å². The zero-order valence-corrected chi connectivity index (χ0v) is 9.07. The second-order valence-corrected chi connectivity index (χ2v) is 3.45. The number of aromatic nitrogens is 2. The first-order chi connectivity index (χ1) is 7.72. The average molecular weight is 221 g/mol. The summed E-state index contributed by atoms with van der Waals surface area (Å²) in [5.41, 5.74) is 0.324. The topological polar surface area (TPSA) is 51.0 Å². The smallest absolute Gasteiger partial charge is 0.260 e. The Kier molecular flexibility index (Phi) is 2.96. The van der Waals surface area contributed by atoms with Crippen LogP contribution >= 0.6 is 0 Å². The minimum Gasteiger partial charge on any atom is -0.334 e. The Bertz CT molecular complexity index is 484. The van der Waals surface area contributed by atoms with E-state index in [1.165, 1.54) is 6.07 Å². The first-order valence-corrected chi connectivity index (χ1v) is 4.98. The van der Waals surface area contributed by atoms with E-state index in [0.717, 1.165) is 0 Å². The first kappa shape index (κ1) is 10.8. The maximum atomic E-state index is 13.4. The highest BCUT2D eigenvalue weighted by atomic mass is 19.1. The Morgan fingerprint density at radius 2 is 2.12 bits per heavy atom. The van der Waals surface area contributed by atoms with Crippen LogP contribution in [0.1, 0.15) is 18.8 Å². The van der Waals surface area contributed by atoms with E-state index in [4.69, 9.17) is 4.52 Å². The number of halogens is 1. The zero-order valence-electron chi connectivity index (χ0n) is 9.07. The molecule has 2 aromatic rings. The van der Waals surface area contributed by atoms with E-state index < -0.39 is 0 Å². The molecule has 0 saturated heterocycles. The number of rotatable bonds is 3. The largest absolute Gasteiger partial charge is 0.334 e. The van der Waals surface area contributed by atoms with Crippen molar-refractivity contribution in [1.29, 1.82) is 0 Å². The van der Waals surface area contributed by atoms with Crippen molar-refractivity contribution in [1.82, 2.24) is 15.5 Å². The van der Waals surface area contributed by atoms with E-state index in [1.807, 2.05) is 6.92 Å². The molecule has 0 bridgehead atoms. The molecule has 1 atom stereocenters. The van der Waals surface area contributed by atoms with Gasteiger partial charge in [0.1, 0.15) is 5.82 Å². The van der Waals surface area contributed by atoms with Crippen LogP contribution in [-0.2, 0) is 0 Å². The van der Waals surface area contributed by atoms with Gasteiger partial charge in [-0.05, 0) is 26.1 Å². The molecular formula is C11H12FN3O. The van der Waals surface area contributed by atoms with Crippen molar-refractivity contribution in [2.45, 2.75) is 13.0 Å². The van der Waals surface area contributed by atoms with Gasteiger partial charge >= 0.3 is 0 Å². The van der Waals surface area contributed by atoms with Crippen LogP contribution in [-0.4, -0.2) is 17.2 Å². The maximum Gasteiger partial charge on any atom is 0.260 e. The van der Waals surface area contributed by atoms with Crippen LogP contribution in [0.25, 0.3) is 11.5 Å². The summed E-state index contributed by atoms with van der Waals surface area (Å²) < 4.78 is 18.4. The second-order valence-electron chi connectivity index (χ2n) is 3.45. The molecule has 1 heterocycles. The second kappa shape index (κ2) is 4.40. The SMILES string of the molecule is CNC(C)c1noc(-c2ccccc2F)n1. The van der Waals surface area contributed by atoms with Crippen molar-refractivity contribution < 1.29 is 8.91 Å². The molecule has 0 fully saturated rings. The molecule has 0 radical (unpaired) electrons. The lowest BCUT2D eigenvalue weighted by atomic mass is 10.2. The van der Waals surface area contributed by atoms with Gasteiger partial charge in [0.05, 0.1) is 11.6 Å². The van der Waals surface area contributed by atoms with E-state index in [9.17, 15) is 4.39 Å². The molecule has 16 heavy (non-hydrogen) atoms. The molecule has 4 nitrogen and oxygen atoms in total.